The SMILES string of the molecule is O=S(=O)(c1c(Cl)cc(Br)cc1Cl)N1CCCC(Cl)C1. The number of hydrogen-bond donors (Lipinski definition) is 0. The van der Waals surface area contributed by atoms with Gasteiger partial charge in [0.2, 0.25) is 10.0 Å². The molecule has 1 aliphatic heterocycles. The fourth-order valence-electron chi connectivity index (χ4n) is 2.02. The number of halogens is 4. The highest BCUT2D eigenvalue weighted by Crippen LogP contribution is 2.35. The summed E-state index contributed by atoms with van der Waals surface area (Å²) < 4.78 is 27.1. The Kier molecular flexibility index (Phi) is 5.07. The lowest BCUT2D eigenvalue weighted by Gasteiger charge is -2.29. The molecule has 8 heteroatoms. The minimum absolute atomic E-state index is 0.0511. The lowest BCUT2D eigenvalue weighted by atomic mass is 10.2. The first-order chi connectivity index (χ1) is 8.82. The van der Waals surface area contributed by atoms with Gasteiger partial charge in [-0.2, -0.15) is 4.31 Å². The number of alkyl halides is 1. The van der Waals surface area contributed by atoms with Gasteiger partial charge in [-0.25, -0.2) is 8.42 Å². The van der Waals surface area contributed by atoms with Crippen LogP contribution in [0.4, 0.5) is 0 Å². The van der Waals surface area contributed by atoms with Crippen LogP contribution in [-0.4, -0.2) is 31.2 Å². The first kappa shape index (κ1) is 15.9. The van der Waals surface area contributed by atoms with Gasteiger partial charge in [-0.1, -0.05) is 39.1 Å². The van der Waals surface area contributed by atoms with Crippen molar-refractivity contribution in [2.75, 3.05) is 13.1 Å². The van der Waals surface area contributed by atoms with Crippen LogP contribution in [0.5, 0.6) is 0 Å². The average molecular weight is 408 g/mol. The third-order valence-electron chi connectivity index (χ3n) is 2.89. The van der Waals surface area contributed by atoms with E-state index in [0.717, 1.165) is 12.8 Å². The van der Waals surface area contributed by atoms with E-state index in [4.69, 9.17) is 34.8 Å². The third kappa shape index (κ3) is 3.39. The van der Waals surface area contributed by atoms with Crippen LogP contribution in [0.3, 0.4) is 0 Å². The highest BCUT2D eigenvalue weighted by Gasteiger charge is 2.32. The van der Waals surface area contributed by atoms with Crippen molar-refractivity contribution >= 4 is 60.8 Å². The van der Waals surface area contributed by atoms with Crippen molar-refractivity contribution < 1.29 is 8.42 Å². The van der Waals surface area contributed by atoms with E-state index in [0.29, 0.717) is 11.0 Å². The van der Waals surface area contributed by atoms with Crippen molar-refractivity contribution in [3.63, 3.8) is 0 Å². The second-order valence-electron chi connectivity index (χ2n) is 4.30. The topological polar surface area (TPSA) is 37.4 Å². The maximum Gasteiger partial charge on any atom is 0.246 e. The predicted molar refractivity (Wildman–Crippen MR) is 81.8 cm³/mol. The third-order valence-corrected chi connectivity index (χ3v) is 6.49. The van der Waals surface area contributed by atoms with Crippen molar-refractivity contribution in [1.29, 1.82) is 0 Å². The lowest BCUT2D eigenvalue weighted by molar-refractivity contribution is 0.350. The second kappa shape index (κ2) is 6.08. The van der Waals surface area contributed by atoms with Gasteiger partial charge in [0, 0.05) is 22.9 Å². The van der Waals surface area contributed by atoms with E-state index < -0.39 is 10.0 Å². The van der Waals surface area contributed by atoms with Crippen molar-refractivity contribution in [3.05, 3.63) is 26.7 Å². The molecule has 1 saturated heterocycles. The Morgan fingerprint density at radius 2 is 1.84 bits per heavy atom. The first-order valence-electron chi connectivity index (χ1n) is 5.61. The van der Waals surface area contributed by atoms with Crippen molar-refractivity contribution in [2.45, 2.75) is 23.1 Å². The summed E-state index contributed by atoms with van der Waals surface area (Å²) in [4.78, 5) is -0.0511. The van der Waals surface area contributed by atoms with Gasteiger partial charge >= 0.3 is 0 Å². The number of hydrogen-bond acceptors (Lipinski definition) is 2. The van der Waals surface area contributed by atoms with Gasteiger partial charge in [0.25, 0.3) is 0 Å². The summed E-state index contributed by atoms with van der Waals surface area (Å²) in [6, 6.07) is 3.03. The van der Waals surface area contributed by atoms with Crippen LogP contribution >= 0.6 is 50.7 Å². The molecule has 3 nitrogen and oxygen atoms in total. The maximum absolute atomic E-state index is 12.6. The number of benzene rings is 1. The Bertz CT molecular complexity index is 571. The van der Waals surface area contributed by atoms with Gasteiger partial charge in [-0.15, -0.1) is 11.6 Å². The first-order valence-corrected chi connectivity index (χ1v) is 9.03. The summed E-state index contributed by atoms with van der Waals surface area (Å²) in [5.41, 5.74) is 0. The van der Waals surface area contributed by atoms with Crippen LogP contribution in [0.15, 0.2) is 21.5 Å². The minimum Gasteiger partial charge on any atom is -0.207 e. The molecule has 106 valence electrons. The summed E-state index contributed by atoms with van der Waals surface area (Å²) >= 11 is 21.3. The van der Waals surface area contributed by atoms with E-state index in [1.165, 1.54) is 16.4 Å². The largest absolute Gasteiger partial charge is 0.246 e. The molecule has 2 rings (SSSR count). The molecule has 1 aliphatic rings. The van der Waals surface area contributed by atoms with Gasteiger partial charge in [0.1, 0.15) is 4.90 Å². The Morgan fingerprint density at radius 3 is 2.37 bits per heavy atom. The zero-order valence-electron chi connectivity index (χ0n) is 9.74. The van der Waals surface area contributed by atoms with Gasteiger partial charge in [0.15, 0.2) is 0 Å². The predicted octanol–water partition coefficient (Wildman–Crippen LogP) is 4.15. The molecule has 1 unspecified atom stereocenters. The van der Waals surface area contributed by atoms with Gasteiger partial charge in [-0.05, 0) is 25.0 Å². The molecule has 0 aliphatic carbocycles. The number of nitrogens with zero attached hydrogens (tertiary/aromatic N) is 1. The molecule has 0 radical (unpaired) electrons. The summed E-state index contributed by atoms with van der Waals surface area (Å²) in [6.45, 7) is 0.723. The van der Waals surface area contributed by atoms with E-state index in [2.05, 4.69) is 15.9 Å². The monoisotopic (exact) mass is 405 g/mol. The zero-order valence-corrected chi connectivity index (χ0v) is 14.4. The van der Waals surface area contributed by atoms with Crippen molar-refractivity contribution in [3.8, 4) is 0 Å². The van der Waals surface area contributed by atoms with Crippen LogP contribution in [0, 0.1) is 0 Å². The highest BCUT2D eigenvalue weighted by molar-refractivity contribution is 9.10. The molecular formula is C11H11BrCl3NO2S. The average Bonchev–Trinajstić information content (AvgIpc) is 2.26. The summed E-state index contributed by atoms with van der Waals surface area (Å²) in [6.07, 6.45) is 1.55. The lowest BCUT2D eigenvalue weighted by Crippen LogP contribution is -2.40. The smallest absolute Gasteiger partial charge is 0.207 e. The standard InChI is InChI=1S/C11H11BrCl3NO2S/c12-7-4-9(14)11(10(15)5-7)19(17,18)16-3-1-2-8(13)6-16/h4-5,8H,1-3,6H2. The Balaban J connectivity index is 2.45. The number of piperidine rings is 1. The van der Waals surface area contributed by atoms with Gasteiger partial charge < -0.3 is 0 Å². The molecule has 1 aromatic carbocycles. The Morgan fingerprint density at radius 1 is 1.26 bits per heavy atom. The molecule has 1 aromatic rings. The minimum atomic E-state index is -3.71. The fraction of sp³-hybridized carbons (Fsp3) is 0.455. The molecule has 0 amide bonds. The van der Waals surface area contributed by atoms with E-state index in [1.54, 1.807) is 0 Å². The summed E-state index contributed by atoms with van der Waals surface area (Å²) in [5.74, 6) is 0. The van der Waals surface area contributed by atoms with Crippen LogP contribution in [0.1, 0.15) is 12.8 Å². The fourth-order valence-corrected chi connectivity index (χ4v) is 5.83. The second-order valence-corrected chi connectivity index (χ2v) is 8.52. The summed E-state index contributed by atoms with van der Waals surface area (Å²) in [5, 5.41) is 0.0451. The molecule has 1 atom stereocenters. The zero-order chi connectivity index (χ0) is 14.2. The van der Waals surface area contributed by atoms with Crippen molar-refractivity contribution in [1.82, 2.24) is 4.31 Å². The number of sulfonamides is 1. The van der Waals surface area contributed by atoms with Crippen LogP contribution in [0.2, 0.25) is 10.0 Å². The quantitative estimate of drug-likeness (QED) is 0.691. The van der Waals surface area contributed by atoms with Crippen LogP contribution < -0.4 is 0 Å². The molecule has 1 fully saturated rings. The Hall–Kier alpha value is 0.480. The molecule has 0 aromatic heterocycles. The summed E-state index contributed by atoms with van der Waals surface area (Å²) in [7, 11) is -3.71. The van der Waals surface area contributed by atoms with Crippen LogP contribution in [0.25, 0.3) is 0 Å². The molecule has 0 bridgehead atoms. The highest BCUT2D eigenvalue weighted by atomic mass is 79.9. The van der Waals surface area contributed by atoms with E-state index in [1.807, 2.05) is 0 Å². The molecule has 0 spiro atoms. The van der Waals surface area contributed by atoms with Gasteiger partial charge in [-0.3, -0.25) is 0 Å². The molecule has 0 N–H and O–H groups in total. The number of rotatable bonds is 2. The van der Waals surface area contributed by atoms with Crippen LogP contribution in [-0.2, 0) is 10.0 Å². The molecule has 0 saturated carbocycles. The van der Waals surface area contributed by atoms with Crippen molar-refractivity contribution in [2.24, 2.45) is 0 Å². The maximum atomic E-state index is 12.6. The van der Waals surface area contributed by atoms with E-state index in [-0.39, 0.29) is 26.9 Å². The van der Waals surface area contributed by atoms with Gasteiger partial charge in [0.05, 0.1) is 10.0 Å². The van der Waals surface area contributed by atoms with E-state index >= 15 is 0 Å². The normalized spacial score (nSPS) is 21.6. The Labute approximate surface area is 136 Å². The molecule has 19 heavy (non-hydrogen) atoms. The van der Waals surface area contributed by atoms with E-state index in [9.17, 15) is 8.42 Å². The molecular weight excluding hydrogens is 396 g/mol. The molecule has 1 heterocycles.